The molecule has 1 fully saturated rings. The number of oxime groups is 1. The van der Waals surface area contributed by atoms with E-state index in [4.69, 9.17) is 20.4 Å². The van der Waals surface area contributed by atoms with Crippen molar-refractivity contribution in [2.75, 3.05) is 26.4 Å². The van der Waals surface area contributed by atoms with Crippen LogP contribution < -0.4 is 11.1 Å². The number of nitrogens with two attached hydrogens (primary N) is 1. The molecule has 1 amide bonds. The minimum Gasteiger partial charge on any atom is -0.409 e. The summed E-state index contributed by atoms with van der Waals surface area (Å²) in [6, 6.07) is 0. The first kappa shape index (κ1) is 13.7. The van der Waals surface area contributed by atoms with Crippen LogP contribution in [-0.4, -0.2) is 49.4 Å². The molecule has 7 nitrogen and oxygen atoms in total. The number of nitrogens with one attached hydrogen (secondary N) is 1. The van der Waals surface area contributed by atoms with Gasteiger partial charge < -0.3 is 25.7 Å². The fraction of sp³-hybridized carbons (Fsp3) is 0.800. The molecular formula is C10H19N3O4. The lowest BCUT2D eigenvalue weighted by molar-refractivity contribution is -0.147. The SMILES string of the molecule is CC(C)(CNC(=O)C1COCCO1)C(N)=NO. The van der Waals surface area contributed by atoms with Gasteiger partial charge in [0.1, 0.15) is 5.84 Å². The smallest absolute Gasteiger partial charge is 0.251 e. The van der Waals surface area contributed by atoms with Crippen molar-refractivity contribution in [2.45, 2.75) is 20.0 Å². The second kappa shape index (κ2) is 5.83. The van der Waals surface area contributed by atoms with Crippen molar-refractivity contribution < 1.29 is 19.5 Å². The number of amides is 1. The number of hydrogen-bond acceptors (Lipinski definition) is 5. The second-order valence-electron chi connectivity index (χ2n) is 4.52. The van der Waals surface area contributed by atoms with E-state index in [-0.39, 0.29) is 24.9 Å². The number of carbonyl (C=O) groups excluding carboxylic acids is 1. The lowest BCUT2D eigenvalue weighted by Crippen LogP contribution is -2.48. The summed E-state index contributed by atoms with van der Waals surface area (Å²) in [7, 11) is 0. The van der Waals surface area contributed by atoms with Crippen LogP contribution in [0.25, 0.3) is 0 Å². The average Bonchev–Trinajstić information content (AvgIpc) is 2.36. The van der Waals surface area contributed by atoms with Crippen LogP contribution in [0.5, 0.6) is 0 Å². The predicted octanol–water partition coefficient (Wildman–Crippen LogP) is -0.709. The summed E-state index contributed by atoms with van der Waals surface area (Å²) in [4.78, 5) is 11.7. The van der Waals surface area contributed by atoms with Gasteiger partial charge in [0.05, 0.1) is 19.8 Å². The summed E-state index contributed by atoms with van der Waals surface area (Å²) in [6.45, 7) is 4.99. The highest BCUT2D eigenvalue weighted by atomic mass is 16.6. The van der Waals surface area contributed by atoms with Gasteiger partial charge in [-0.05, 0) is 0 Å². The largest absolute Gasteiger partial charge is 0.409 e. The standard InChI is InChI=1S/C10H19N3O4/c1-10(2,9(11)13-15)6-12-8(14)7-5-16-3-4-17-7/h7,15H,3-6H2,1-2H3,(H2,11,13)(H,12,14). The number of amidine groups is 1. The van der Waals surface area contributed by atoms with Crippen molar-refractivity contribution in [3.8, 4) is 0 Å². The molecule has 1 atom stereocenters. The maximum Gasteiger partial charge on any atom is 0.251 e. The molecule has 0 radical (unpaired) electrons. The molecule has 0 spiro atoms. The van der Waals surface area contributed by atoms with Crippen LogP contribution in [0.3, 0.4) is 0 Å². The monoisotopic (exact) mass is 245 g/mol. The highest BCUT2D eigenvalue weighted by Crippen LogP contribution is 2.13. The molecule has 0 aliphatic carbocycles. The third kappa shape index (κ3) is 3.86. The quantitative estimate of drug-likeness (QED) is 0.262. The van der Waals surface area contributed by atoms with Crippen LogP contribution >= 0.6 is 0 Å². The Morgan fingerprint density at radius 3 is 2.82 bits per heavy atom. The Kier molecular flexibility index (Phi) is 4.71. The normalized spacial score (nSPS) is 22.2. The molecule has 17 heavy (non-hydrogen) atoms. The van der Waals surface area contributed by atoms with E-state index < -0.39 is 11.5 Å². The van der Waals surface area contributed by atoms with E-state index in [0.29, 0.717) is 13.2 Å². The van der Waals surface area contributed by atoms with Gasteiger partial charge in [0.25, 0.3) is 5.91 Å². The van der Waals surface area contributed by atoms with Crippen LogP contribution in [0.1, 0.15) is 13.8 Å². The second-order valence-corrected chi connectivity index (χ2v) is 4.52. The highest BCUT2D eigenvalue weighted by Gasteiger charge is 2.27. The number of hydrogen-bond donors (Lipinski definition) is 3. The van der Waals surface area contributed by atoms with E-state index in [1.807, 2.05) is 0 Å². The zero-order chi connectivity index (χ0) is 12.9. The van der Waals surface area contributed by atoms with E-state index in [2.05, 4.69) is 10.5 Å². The van der Waals surface area contributed by atoms with E-state index in [0.717, 1.165) is 0 Å². The van der Waals surface area contributed by atoms with Crippen LogP contribution in [0.4, 0.5) is 0 Å². The fourth-order valence-electron chi connectivity index (χ4n) is 1.29. The summed E-state index contributed by atoms with van der Waals surface area (Å²) >= 11 is 0. The van der Waals surface area contributed by atoms with Gasteiger partial charge >= 0.3 is 0 Å². The molecule has 1 rings (SSSR count). The molecule has 1 heterocycles. The Balaban J connectivity index is 2.41. The van der Waals surface area contributed by atoms with Gasteiger partial charge in [0.15, 0.2) is 6.10 Å². The van der Waals surface area contributed by atoms with E-state index in [1.165, 1.54) is 0 Å². The van der Waals surface area contributed by atoms with Crippen LogP contribution in [0.2, 0.25) is 0 Å². The van der Waals surface area contributed by atoms with Gasteiger partial charge in [-0.15, -0.1) is 0 Å². The number of carbonyl (C=O) groups is 1. The van der Waals surface area contributed by atoms with Gasteiger partial charge in [0, 0.05) is 12.0 Å². The summed E-state index contributed by atoms with van der Waals surface area (Å²) < 4.78 is 10.4. The van der Waals surface area contributed by atoms with Crippen LogP contribution in [0, 0.1) is 5.41 Å². The molecule has 4 N–H and O–H groups in total. The van der Waals surface area contributed by atoms with Gasteiger partial charge in [0.2, 0.25) is 0 Å². The molecule has 1 unspecified atom stereocenters. The van der Waals surface area contributed by atoms with Gasteiger partial charge in [-0.2, -0.15) is 0 Å². The van der Waals surface area contributed by atoms with Crippen molar-refractivity contribution in [2.24, 2.45) is 16.3 Å². The Morgan fingerprint density at radius 2 is 2.29 bits per heavy atom. The maximum absolute atomic E-state index is 11.7. The molecule has 0 aromatic heterocycles. The minimum atomic E-state index is -0.611. The Morgan fingerprint density at radius 1 is 1.59 bits per heavy atom. The first-order chi connectivity index (χ1) is 7.97. The average molecular weight is 245 g/mol. The van der Waals surface area contributed by atoms with Gasteiger partial charge in [-0.1, -0.05) is 19.0 Å². The zero-order valence-corrected chi connectivity index (χ0v) is 10.1. The highest BCUT2D eigenvalue weighted by molar-refractivity contribution is 5.87. The molecular weight excluding hydrogens is 226 g/mol. The first-order valence-electron chi connectivity index (χ1n) is 5.42. The molecule has 1 aliphatic rings. The van der Waals surface area contributed by atoms with Gasteiger partial charge in [-0.25, -0.2) is 0 Å². The van der Waals surface area contributed by atoms with Crippen molar-refractivity contribution >= 4 is 11.7 Å². The predicted molar refractivity (Wildman–Crippen MR) is 60.8 cm³/mol. The molecule has 0 bridgehead atoms. The molecule has 0 aromatic rings. The van der Waals surface area contributed by atoms with Crippen molar-refractivity contribution in [1.82, 2.24) is 5.32 Å². The van der Waals surface area contributed by atoms with E-state index in [9.17, 15) is 4.79 Å². The molecule has 98 valence electrons. The number of nitrogens with zero attached hydrogens (tertiary/aromatic N) is 1. The summed E-state index contributed by atoms with van der Waals surface area (Å²) in [5, 5.41) is 14.2. The Bertz CT molecular complexity index is 298. The van der Waals surface area contributed by atoms with Crippen molar-refractivity contribution in [3.63, 3.8) is 0 Å². The summed E-state index contributed by atoms with van der Waals surface area (Å²) in [5.74, 6) is -0.179. The lowest BCUT2D eigenvalue weighted by atomic mass is 9.92. The topological polar surface area (TPSA) is 106 Å². The van der Waals surface area contributed by atoms with Crippen molar-refractivity contribution in [3.05, 3.63) is 0 Å². The zero-order valence-electron chi connectivity index (χ0n) is 10.1. The maximum atomic E-state index is 11.7. The van der Waals surface area contributed by atoms with Crippen LogP contribution in [0.15, 0.2) is 5.16 Å². The summed E-state index contributed by atoms with van der Waals surface area (Å²) in [6.07, 6.45) is -0.577. The molecule has 7 heteroatoms. The third-order valence-corrected chi connectivity index (χ3v) is 2.61. The molecule has 1 aliphatic heterocycles. The Hall–Kier alpha value is -1.34. The lowest BCUT2D eigenvalue weighted by Gasteiger charge is -2.26. The summed E-state index contributed by atoms with van der Waals surface area (Å²) in [5.41, 5.74) is 4.90. The minimum absolute atomic E-state index is 0.0682. The molecule has 1 saturated heterocycles. The van der Waals surface area contributed by atoms with E-state index in [1.54, 1.807) is 13.8 Å². The van der Waals surface area contributed by atoms with Crippen LogP contribution in [-0.2, 0) is 14.3 Å². The van der Waals surface area contributed by atoms with E-state index >= 15 is 0 Å². The number of ether oxygens (including phenoxy) is 2. The molecule has 0 aromatic carbocycles. The Labute approximate surface area is 99.9 Å². The fourth-order valence-corrected chi connectivity index (χ4v) is 1.29. The third-order valence-electron chi connectivity index (χ3n) is 2.61. The van der Waals surface area contributed by atoms with Crippen molar-refractivity contribution in [1.29, 1.82) is 0 Å². The number of rotatable bonds is 4. The molecule has 0 saturated carbocycles. The first-order valence-corrected chi connectivity index (χ1v) is 5.42. The van der Waals surface area contributed by atoms with Gasteiger partial charge in [-0.3, -0.25) is 4.79 Å².